The molecule has 0 aliphatic carbocycles. The summed E-state index contributed by atoms with van der Waals surface area (Å²) in [5.41, 5.74) is 1.39. The predicted molar refractivity (Wildman–Crippen MR) is 78.1 cm³/mol. The topological polar surface area (TPSA) is 24.9 Å². The van der Waals surface area contributed by atoms with Gasteiger partial charge in [-0.2, -0.15) is 0 Å². The van der Waals surface area contributed by atoms with Gasteiger partial charge in [-0.05, 0) is 17.9 Å². The van der Waals surface area contributed by atoms with Crippen LogP contribution >= 0.6 is 11.3 Å². The zero-order chi connectivity index (χ0) is 12.8. The van der Waals surface area contributed by atoms with Crippen molar-refractivity contribution in [2.75, 3.05) is 6.54 Å². The number of benzene rings is 1. The highest BCUT2D eigenvalue weighted by molar-refractivity contribution is 7.11. The third-order valence-corrected chi connectivity index (χ3v) is 4.16. The van der Waals surface area contributed by atoms with Gasteiger partial charge in [-0.25, -0.2) is 4.98 Å². The first-order valence-electron chi connectivity index (χ1n) is 6.49. The summed E-state index contributed by atoms with van der Waals surface area (Å²) >= 11 is 1.81. The number of hydrogen-bond donors (Lipinski definition) is 1. The van der Waals surface area contributed by atoms with E-state index in [1.165, 1.54) is 15.4 Å². The molecule has 2 nitrogen and oxygen atoms in total. The highest BCUT2D eigenvalue weighted by Gasteiger charge is 2.05. The smallest absolute Gasteiger partial charge is 0.0925 e. The largest absolute Gasteiger partial charge is 0.311 e. The molecule has 0 amide bonds. The molecule has 0 bridgehead atoms. The molecule has 1 unspecified atom stereocenters. The van der Waals surface area contributed by atoms with Gasteiger partial charge in [-0.3, -0.25) is 0 Å². The SMILES string of the molecule is CCc1ncc(CNCC(C)c2ccccc2)s1. The van der Waals surface area contributed by atoms with Crippen LogP contribution in [-0.2, 0) is 13.0 Å². The Bertz CT molecular complexity index is 464. The first-order valence-corrected chi connectivity index (χ1v) is 7.30. The Hall–Kier alpha value is -1.19. The Kier molecular flexibility index (Phi) is 4.90. The standard InChI is InChI=1S/C15H20N2S/c1-3-15-17-11-14(18-15)10-16-9-12(2)13-7-5-4-6-8-13/h4-8,11-12,16H,3,9-10H2,1-2H3. The highest BCUT2D eigenvalue weighted by Crippen LogP contribution is 2.15. The number of aryl methyl sites for hydroxylation is 1. The molecule has 2 rings (SSSR count). The number of hydrogen-bond acceptors (Lipinski definition) is 3. The van der Waals surface area contributed by atoms with Crippen LogP contribution in [0.2, 0.25) is 0 Å². The molecule has 0 aliphatic heterocycles. The third kappa shape index (κ3) is 3.65. The predicted octanol–water partition coefficient (Wildman–Crippen LogP) is 3.60. The zero-order valence-corrected chi connectivity index (χ0v) is 11.8. The molecule has 0 aliphatic rings. The molecule has 1 heterocycles. The maximum Gasteiger partial charge on any atom is 0.0925 e. The fourth-order valence-electron chi connectivity index (χ4n) is 1.90. The molecule has 0 fully saturated rings. The molecule has 1 N–H and O–H groups in total. The molecule has 0 radical (unpaired) electrons. The van der Waals surface area contributed by atoms with Crippen molar-refractivity contribution >= 4 is 11.3 Å². The second-order valence-corrected chi connectivity index (χ2v) is 5.72. The molecular weight excluding hydrogens is 240 g/mol. The first-order chi connectivity index (χ1) is 8.79. The summed E-state index contributed by atoms with van der Waals surface area (Å²) in [7, 11) is 0. The van der Waals surface area contributed by atoms with E-state index in [0.717, 1.165) is 19.5 Å². The van der Waals surface area contributed by atoms with Gasteiger partial charge in [0.05, 0.1) is 5.01 Å². The number of nitrogens with one attached hydrogen (secondary N) is 1. The third-order valence-electron chi connectivity index (χ3n) is 3.02. The number of rotatable bonds is 6. The summed E-state index contributed by atoms with van der Waals surface area (Å²) in [5, 5.41) is 4.73. The first kappa shape index (κ1) is 13.2. The van der Waals surface area contributed by atoms with Crippen LogP contribution in [0, 0.1) is 0 Å². The van der Waals surface area contributed by atoms with Gasteiger partial charge in [0.2, 0.25) is 0 Å². The Morgan fingerprint density at radius 2 is 2.06 bits per heavy atom. The van der Waals surface area contributed by atoms with E-state index in [0.29, 0.717) is 5.92 Å². The summed E-state index contributed by atoms with van der Waals surface area (Å²) in [6.45, 7) is 6.33. The van der Waals surface area contributed by atoms with Crippen LogP contribution in [0.15, 0.2) is 36.5 Å². The van der Waals surface area contributed by atoms with Crippen molar-refractivity contribution in [1.29, 1.82) is 0 Å². The molecule has 18 heavy (non-hydrogen) atoms. The molecule has 0 saturated carbocycles. The van der Waals surface area contributed by atoms with Crippen LogP contribution in [0.25, 0.3) is 0 Å². The molecule has 1 atom stereocenters. The Balaban J connectivity index is 1.78. The van der Waals surface area contributed by atoms with E-state index < -0.39 is 0 Å². The van der Waals surface area contributed by atoms with Gasteiger partial charge in [-0.1, -0.05) is 44.2 Å². The quantitative estimate of drug-likeness (QED) is 0.858. The van der Waals surface area contributed by atoms with E-state index >= 15 is 0 Å². The fraction of sp³-hybridized carbons (Fsp3) is 0.400. The van der Waals surface area contributed by atoms with E-state index in [2.05, 4.69) is 54.5 Å². The molecule has 3 heteroatoms. The molecule has 96 valence electrons. The van der Waals surface area contributed by atoms with Crippen molar-refractivity contribution in [2.45, 2.75) is 32.7 Å². The summed E-state index contributed by atoms with van der Waals surface area (Å²) in [4.78, 5) is 5.70. The second kappa shape index (κ2) is 6.66. The normalized spacial score (nSPS) is 12.6. The minimum Gasteiger partial charge on any atom is -0.311 e. The van der Waals surface area contributed by atoms with Crippen LogP contribution in [0.4, 0.5) is 0 Å². The lowest BCUT2D eigenvalue weighted by atomic mass is 10.0. The average Bonchev–Trinajstić information content (AvgIpc) is 2.87. The lowest BCUT2D eigenvalue weighted by Crippen LogP contribution is -2.19. The van der Waals surface area contributed by atoms with Crippen LogP contribution in [0.5, 0.6) is 0 Å². The maximum atomic E-state index is 4.37. The van der Waals surface area contributed by atoms with Crippen LogP contribution in [0.1, 0.15) is 35.2 Å². The van der Waals surface area contributed by atoms with Crippen LogP contribution < -0.4 is 5.32 Å². The Morgan fingerprint density at radius 3 is 2.72 bits per heavy atom. The molecule has 2 aromatic rings. The summed E-state index contributed by atoms with van der Waals surface area (Å²) in [6, 6.07) is 10.6. The monoisotopic (exact) mass is 260 g/mol. The van der Waals surface area contributed by atoms with E-state index in [4.69, 9.17) is 0 Å². The van der Waals surface area contributed by atoms with E-state index in [9.17, 15) is 0 Å². The Labute approximate surface area is 113 Å². The van der Waals surface area contributed by atoms with Crippen LogP contribution in [-0.4, -0.2) is 11.5 Å². The molecule has 0 spiro atoms. The van der Waals surface area contributed by atoms with Gasteiger partial charge < -0.3 is 5.32 Å². The molecule has 1 aromatic carbocycles. The Morgan fingerprint density at radius 1 is 1.28 bits per heavy atom. The fourth-order valence-corrected chi connectivity index (χ4v) is 2.74. The van der Waals surface area contributed by atoms with Crippen LogP contribution in [0.3, 0.4) is 0 Å². The van der Waals surface area contributed by atoms with E-state index in [-0.39, 0.29) is 0 Å². The van der Waals surface area contributed by atoms with Crippen molar-refractivity contribution in [3.63, 3.8) is 0 Å². The number of thiazole rings is 1. The van der Waals surface area contributed by atoms with Crippen molar-refractivity contribution in [3.05, 3.63) is 52.0 Å². The van der Waals surface area contributed by atoms with Crippen molar-refractivity contribution in [3.8, 4) is 0 Å². The summed E-state index contributed by atoms with van der Waals surface area (Å²) < 4.78 is 0. The van der Waals surface area contributed by atoms with Crippen molar-refractivity contribution < 1.29 is 0 Å². The van der Waals surface area contributed by atoms with Crippen molar-refractivity contribution in [2.24, 2.45) is 0 Å². The highest BCUT2D eigenvalue weighted by atomic mass is 32.1. The van der Waals surface area contributed by atoms with Gasteiger partial charge in [0.25, 0.3) is 0 Å². The number of aromatic nitrogens is 1. The van der Waals surface area contributed by atoms with Crippen molar-refractivity contribution in [1.82, 2.24) is 10.3 Å². The van der Waals surface area contributed by atoms with Gasteiger partial charge in [0, 0.05) is 24.2 Å². The lowest BCUT2D eigenvalue weighted by molar-refractivity contribution is 0.618. The summed E-state index contributed by atoms with van der Waals surface area (Å²) in [6.07, 6.45) is 3.02. The van der Waals surface area contributed by atoms with Gasteiger partial charge in [0.15, 0.2) is 0 Å². The minimum absolute atomic E-state index is 0.546. The summed E-state index contributed by atoms with van der Waals surface area (Å²) in [5.74, 6) is 0.546. The lowest BCUT2D eigenvalue weighted by Gasteiger charge is -2.12. The maximum absolute atomic E-state index is 4.37. The van der Waals surface area contributed by atoms with Gasteiger partial charge in [0.1, 0.15) is 0 Å². The number of nitrogens with zero attached hydrogens (tertiary/aromatic N) is 1. The molecule has 0 saturated heterocycles. The zero-order valence-electron chi connectivity index (χ0n) is 11.0. The van der Waals surface area contributed by atoms with Gasteiger partial charge in [-0.15, -0.1) is 11.3 Å². The average molecular weight is 260 g/mol. The second-order valence-electron chi connectivity index (χ2n) is 4.52. The van der Waals surface area contributed by atoms with E-state index in [1.807, 2.05) is 6.20 Å². The van der Waals surface area contributed by atoms with E-state index in [1.54, 1.807) is 11.3 Å². The van der Waals surface area contributed by atoms with Gasteiger partial charge >= 0.3 is 0 Å². The molecular formula is C15H20N2S. The minimum atomic E-state index is 0.546. The molecule has 1 aromatic heterocycles.